The van der Waals surface area contributed by atoms with E-state index in [1.54, 1.807) is 24.3 Å². The Balaban J connectivity index is 1.61. The molecule has 0 aromatic heterocycles. The van der Waals surface area contributed by atoms with Crippen LogP contribution in [0.4, 0.5) is 5.69 Å². The molecule has 1 amide bonds. The number of carbonyl (C=O) groups is 1. The molecule has 0 fully saturated rings. The standard InChI is InChI=1S/C34H32BrN5O4/c1-23-8-6-9-24(20-23)22-37-33(42)34(21-26-10-2-5-13-30(26)39-40-36)31(28-11-3-4-12-29(28)35)44-32(38-34)25-14-16-27(17-15-25)43-19-7-18-41/h2-6,8-17,20,31,41H,7,18-19,21-22H2,1H3,(H,37,42)/t31-,34-/m1/s1. The molecule has 1 aliphatic heterocycles. The number of aliphatic hydroxyl groups excluding tert-OH is 1. The number of azide groups is 1. The first-order chi connectivity index (χ1) is 21.4. The van der Waals surface area contributed by atoms with E-state index in [4.69, 9.17) is 19.6 Å². The first-order valence-corrected chi connectivity index (χ1v) is 15.0. The maximum absolute atomic E-state index is 14.5. The van der Waals surface area contributed by atoms with Crippen molar-refractivity contribution in [3.05, 3.63) is 140 Å². The van der Waals surface area contributed by atoms with Crippen LogP contribution in [0.15, 0.2) is 112 Å². The third-order valence-electron chi connectivity index (χ3n) is 7.36. The number of aliphatic hydroxyl groups is 1. The van der Waals surface area contributed by atoms with E-state index in [9.17, 15) is 10.3 Å². The summed E-state index contributed by atoms with van der Waals surface area (Å²) in [6.07, 6.45) is -0.173. The van der Waals surface area contributed by atoms with Crippen LogP contribution in [0.5, 0.6) is 5.75 Å². The van der Waals surface area contributed by atoms with Crippen molar-refractivity contribution in [1.29, 1.82) is 0 Å². The first-order valence-electron chi connectivity index (χ1n) is 14.3. The second-order valence-corrected chi connectivity index (χ2v) is 11.3. The van der Waals surface area contributed by atoms with Crippen LogP contribution in [-0.4, -0.2) is 35.7 Å². The lowest BCUT2D eigenvalue weighted by molar-refractivity contribution is -0.129. The summed E-state index contributed by atoms with van der Waals surface area (Å²) in [7, 11) is 0. The Morgan fingerprint density at radius 2 is 1.86 bits per heavy atom. The number of ether oxygens (including phenoxy) is 2. The number of halogens is 1. The van der Waals surface area contributed by atoms with E-state index in [-0.39, 0.29) is 18.9 Å². The smallest absolute Gasteiger partial charge is 0.252 e. The highest BCUT2D eigenvalue weighted by Gasteiger charge is 2.54. The Hall–Kier alpha value is -4.63. The van der Waals surface area contributed by atoms with Crippen LogP contribution in [0.1, 0.15) is 40.3 Å². The number of nitrogens with one attached hydrogen (secondary N) is 1. The fourth-order valence-electron chi connectivity index (χ4n) is 5.20. The molecule has 4 aromatic rings. The summed E-state index contributed by atoms with van der Waals surface area (Å²) in [5.41, 5.74) is 12.4. The van der Waals surface area contributed by atoms with E-state index in [0.29, 0.717) is 48.0 Å². The van der Waals surface area contributed by atoms with Gasteiger partial charge in [0.2, 0.25) is 5.90 Å². The minimum absolute atomic E-state index is 0.0516. The normalized spacial score (nSPS) is 17.2. The van der Waals surface area contributed by atoms with E-state index in [0.717, 1.165) is 21.2 Å². The zero-order valence-corrected chi connectivity index (χ0v) is 25.8. The quantitative estimate of drug-likeness (QED) is 0.0720. The van der Waals surface area contributed by atoms with Crippen molar-refractivity contribution in [2.24, 2.45) is 10.1 Å². The molecule has 4 aromatic carbocycles. The van der Waals surface area contributed by atoms with Crippen molar-refractivity contribution in [2.45, 2.75) is 38.0 Å². The summed E-state index contributed by atoms with van der Waals surface area (Å²) < 4.78 is 13.1. The number of carbonyl (C=O) groups excluding carboxylic acids is 1. The maximum atomic E-state index is 14.5. The molecule has 10 heteroatoms. The molecule has 2 N–H and O–H groups in total. The third-order valence-corrected chi connectivity index (χ3v) is 8.08. The van der Waals surface area contributed by atoms with Crippen LogP contribution in [0.3, 0.4) is 0 Å². The molecule has 44 heavy (non-hydrogen) atoms. The van der Waals surface area contributed by atoms with Gasteiger partial charge in [0.15, 0.2) is 11.6 Å². The molecule has 224 valence electrons. The zero-order valence-electron chi connectivity index (χ0n) is 24.2. The molecule has 0 bridgehead atoms. The summed E-state index contributed by atoms with van der Waals surface area (Å²) in [4.78, 5) is 22.6. The lowest BCUT2D eigenvalue weighted by Gasteiger charge is -2.31. The van der Waals surface area contributed by atoms with Gasteiger partial charge in [-0.15, -0.1) is 0 Å². The Labute approximate surface area is 264 Å². The Morgan fingerprint density at radius 1 is 1.09 bits per heavy atom. The lowest BCUT2D eigenvalue weighted by atomic mass is 9.81. The summed E-state index contributed by atoms with van der Waals surface area (Å²) in [5, 5.41) is 16.1. The van der Waals surface area contributed by atoms with Gasteiger partial charge in [0, 0.05) is 52.2 Å². The lowest BCUT2D eigenvalue weighted by Crippen LogP contribution is -2.49. The number of aryl methyl sites for hydroxylation is 1. The number of rotatable bonds is 12. The van der Waals surface area contributed by atoms with Gasteiger partial charge in [0.05, 0.1) is 6.61 Å². The number of aliphatic imine (C=N–C) groups is 1. The summed E-state index contributed by atoms with van der Waals surface area (Å²) >= 11 is 3.67. The zero-order chi connectivity index (χ0) is 30.9. The second-order valence-electron chi connectivity index (χ2n) is 10.5. The van der Waals surface area contributed by atoms with Gasteiger partial charge in [-0.1, -0.05) is 93.3 Å². The highest BCUT2D eigenvalue weighted by atomic mass is 79.9. The van der Waals surface area contributed by atoms with Crippen molar-refractivity contribution < 1.29 is 19.4 Å². The van der Waals surface area contributed by atoms with Crippen molar-refractivity contribution in [1.82, 2.24) is 5.32 Å². The monoisotopic (exact) mass is 653 g/mol. The van der Waals surface area contributed by atoms with Crippen LogP contribution in [-0.2, 0) is 22.5 Å². The van der Waals surface area contributed by atoms with Crippen molar-refractivity contribution in [3.63, 3.8) is 0 Å². The molecule has 0 saturated heterocycles. The molecule has 1 heterocycles. The minimum Gasteiger partial charge on any atom is -0.494 e. The molecule has 0 aliphatic carbocycles. The number of hydrogen-bond donors (Lipinski definition) is 2. The summed E-state index contributed by atoms with van der Waals surface area (Å²) in [5.74, 6) is 0.627. The van der Waals surface area contributed by atoms with E-state index >= 15 is 0 Å². The topological polar surface area (TPSA) is 129 Å². The molecule has 2 atom stereocenters. The number of amides is 1. The maximum Gasteiger partial charge on any atom is 0.252 e. The van der Waals surface area contributed by atoms with E-state index in [1.807, 2.05) is 79.7 Å². The fourth-order valence-corrected chi connectivity index (χ4v) is 5.69. The van der Waals surface area contributed by atoms with Crippen molar-refractivity contribution in [2.75, 3.05) is 13.2 Å². The van der Waals surface area contributed by atoms with Gasteiger partial charge < -0.3 is 19.9 Å². The molecule has 0 radical (unpaired) electrons. The van der Waals surface area contributed by atoms with Crippen molar-refractivity contribution >= 4 is 33.4 Å². The molecule has 0 unspecified atom stereocenters. The average molecular weight is 655 g/mol. The summed E-state index contributed by atoms with van der Waals surface area (Å²) in [6.45, 7) is 2.75. The molecular weight excluding hydrogens is 622 g/mol. The van der Waals surface area contributed by atoms with Crippen LogP contribution in [0.2, 0.25) is 0 Å². The summed E-state index contributed by atoms with van der Waals surface area (Å²) in [6, 6.07) is 30.0. The molecule has 0 spiro atoms. The second kappa shape index (κ2) is 14.2. The van der Waals surface area contributed by atoms with Crippen molar-refractivity contribution in [3.8, 4) is 5.75 Å². The van der Waals surface area contributed by atoms with Gasteiger partial charge in [-0.2, -0.15) is 0 Å². The van der Waals surface area contributed by atoms with Gasteiger partial charge in [-0.3, -0.25) is 4.79 Å². The number of benzene rings is 4. The highest BCUT2D eigenvalue weighted by molar-refractivity contribution is 9.10. The average Bonchev–Trinajstić information content (AvgIpc) is 3.42. The van der Waals surface area contributed by atoms with E-state index in [1.165, 1.54) is 0 Å². The SMILES string of the molecule is Cc1cccc(CNC(=O)[C@]2(Cc3ccccc3N=[N+]=[N-])N=C(c3ccc(OCCCO)cc3)O[C@@H]2c2ccccc2Br)c1. The predicted molar refractivity (Wildman–Crippen MR) is 173 cm³/mol. The number of hydrogen-bond acceptors (Lipinski definition) is 6. The largest absolute Gasteiger partial charge is 0.494 e. The van der Waals surface area contributed by atoms with Crippen LogP contribution in [0.25, 0.3) is 10.4 Å². The Bertz CT molecular complexity index is 1700. The molecule has 9 nitrogen and oxygen atoms in total. The van der Waals surface area contributed by atoms with Crippen LogP contribution >= 0.6 is 15.9 Å². The van der Waals surface area contributed by atoms with Gasteiger partial charge in [0.1, 0.15) is 5.75 Å². The van der Waals surface area contributed by atoms with Crippen LogP contribution in [0, 0.1) is 6.92 Å². The fraction of sp³-hybridized carbons (Fsp3) is 0.235. The van der Waals surface area contributed by atoms with Gasteiger partial charge in [-0.25, -0.2) is 4.99 Å². The molecular formula is C34H32BrN5O4. The molecule has 0 saturated carbocycles. The Kier molecular flexibility index (Phi) is 9.96. The number of nitrogens with zero attached hydrogens (tertiary/aromatic N) is 4. The van der Waals surface area contributed by atoms with Gasteiger partial charge in [0.25, 0.3) is 5.91 Å². The van der Waals surface area contributed by atoms with E-state index < -0.39 is 11.6 Å². The minimum atomic E-state index is -1.46. The van der Waals surface area contributed by atoms with Gasteiger partial charge >= 0.3 is 0 Å². The van der Waals surface area contributed by atoms with Gasteiger partial charge in [-0.05, 0) is 53.9 Å². The Morgan fingerprint density at radius 3 is 2.61 bits per heavy atom. The molecule has 5 rings (SSSR count). The third kappa shape index (κ3) is 6.94. The van der Waals surface area contributed by atoms with E-state index in [2.05, 4.69) is 31.3 Å². The van der Waals surface area contributed by atoms with Crippen LogP contribution < -0.4 is 10.1 Å². The predicted octanol–water partition coefficient (Wildman–Crippen LogP) is 7.28. The molecule has 1 aliphatic rings. The first kappa shape index (κ1) is 30.8. The highest BCUT2D eigenvalue weighted by Crippen LogP contribution is 2.45.